The average Bonchev–Trinajstić information content (AvgIpc) is 2.70. The molecule has 144 valence electrons. The second kappa shape index (κ2) is 8.22. The van der Waals surface area contributed by atoms with E-state index in [4.69, 9.17) is 0 Å². The van der Waals surface area contributed by atoms with E-state index in [2.05, 4.69) is 10.0 Å². The summed E-state index contributed by atoms with van der Waals surface area (Å²) in [5.74, 6) is -0.755. The summed E-state index contributed by atoms with van der Waals surface area (Å²) in [6, 6.07) is 20.0. The zero-order valence-corrected chi connectivity index (χ0v) is 15.9. The van der Waals surface area contributed by atoms with Gasteiger partial charge in [-0.2, -0.15) is 0 Å². The smallest absolute Gasteiger partial charge is 0.261 e. The summed E-state index contributed by atoms with van der Waals surface area (Å²) in [5, 5.41) is 2.88. The van der Waals surface area contributed by atoms with E-state index in [1.807, 2.05) is 37.3 Å². The van der Waals surface area contributed by atoms with Gasteiger partial charge < -0.3 is 5.32 Å². The zero-order chi connectivity index (χ0) is 20.1. The van der Waals surface area contributed by atoms with Crippen LogP contribution in [0.2, 0.25) is 0 Å². The molecule has 0 aromatic heterocycles. The highest BCUT2D eigenvalue weighted by atomic mass is 32.2. The second-order valence-electron chi connectivity index (χ2n) is 6.24. The van der Waals surface area contributed by atoms with E-state index >= 15 is 0 Å². The summed E-state index contributed by atoms with van der Waals surface area (Å²) in [5.41, 5.74) is 1.57. The van der Waals surface area contributed by atoms with E-state index < -0.39 is 15.8 Å². The molecular formula is C21H19FN2O3S. The Hall–Kier alpha value is -3.19. The first-order chi connectivity index (χ1) is 13.3. The molecule has 2 N–H and O–H groups in total. The van der Waals surface area contributed by atoms with Crippen molar-refractivity contribution in [3.8, 4) is 0 Å². The third-order valence-corrected chi connectivity index (χ3v) is 5.57. The minimum atomic E-state index is -3.84. The number of amides is 1. The van der Waals surface area contributed by atoms with E-state index in [0.29, 0.717) is 5.56 Å². The van der Waals surface area contributed by atoms with E-state index in [1.165, 1.54) is 48.5 Å². The third-order valence-electron chi connectivity index (χ3n) is 4.17. The highest BCUT2D eigenvalue weighted by molar-refractivity contribution is 7.92. The molecule has 1 unspecified atom stereocenters. The summed E-state index contributed by atoms with van der Waals surface area (Å²) in [6.07, 6.45) is 0. The van der Waals surface area contributed by atoms with Crippen molar-refractivity contribution < 1.29 is 17.6 Å². The van der Waals surface area contributed by atoms with E-state index in [9.17, 15) is 17.6 Å². The molecule has 0 saturated carbocycles. The molecule has 0 bridgehead atoms. The molecule has 0 aliphatic heterocycles. The minimum absolute atomic E-state index is 0.00415. The molecule has 1 atom stereocenters. The van der Waals surface area contributed by atoms with Crippen LogP contribution in [0, 0.1) is 5.82 Å². The molecule has 28 heavy (non-hydrogen) atoms. The van der Waals surface area contributed by atoms with E-state index in [1.54, 1.807) is 0 Å². The van der Waals surface area contributed by atoms with Gasteiger partial charge in [0.2, 0.25) is 0 Å². The first-order valence-corrected chi connectivity index (χ1v) is 10.1. The van der Waals surface area contributed by atoms with Gasteiger partial charge in [-0.05, 0) is 61.0 Å². The standard InChI is InChI=1S/C21H19FN2O3S/c1-15(16-5-3-2-4-6-16)23-21(25)17-7-13-20(14-8-17)28(26,27)24-19-11-9-18(22)10-12-19/h2-15,24H,1H3,(H,23,25). The summed E-state index contributed by atoms with van der Waals surface area (Å²) >= 11 is 0. The fourth-order valence-corrected chi connectivity index (χ4v) is 3.68. The lowest BCUT2D eigenvalue weighted by molar-refractivity contribution is 0.0940. The van der Waals surface area contributed by atoms with Gasteiger partial charge in [-0.1, -0.05) is 30.3 Å². The molecule has 5 nitrogen and oxygen atoms in total. The third kappa shape index (κ3) is 4.75. The molecule has 0 radical (unpaired) electrons. The van der Waals surface area contributed by atoms with Crippen LogP contribution >= 0.6 is 0 Å². The largest absolute Gasteiger partial charge is 0.346 e. The number of hydrogen-bond acceptors (Lipinski definition) is 3. The molecular weight excluding hydrogens is 379 g/mol. The molecule has 3 aromatic rings. The van der Waals surface area contributed by atoms with Gasteiger partial charge in [0.15, 0.2) is 0 Å². The van der Waals surface area contributed by atoms with Crippen LogP contribution in [-0.2, 0) is 10.0 Å². The lowest BCUT2D eigenvalue weighted by Gasteiger charge is -2.14. The molecule has 0 aliphatic carbocycles. The maximum atomic E-state index is 12.9. The van der Waals surface area contributed by atoms with Crippen molar-refractivity contribution in [3.05, 3.63) is 95.8 Å². The molecule has 0 spiro atoms. The van der Waals surface area contributed by atoms with Crippen LogP contribution in [0.4, 0.5) is 10.1 Å². The Bertz CT molecular complexity index is 1050. The van der Waals surface area contributed by atoms with Gasteiger partial charge in [0, 0.05) is 11.3 Å². The van der Waals surface area contributed by atoms with Gasteiger partial charge in [-0.15, -0.1) is 0 Å². The Morgan fingerprint density at radius 1 is 0.893 bits per heavy atom. The van der Waals surface area contributed by atoms with Crippen LogP contribution in [0.1, 0.15) is 28.9 Å². The zero-order valence-electron chi connectivity index (χ0n) is 15.1. The van der Waals surface area contributed by atoms with Crippen molar-refractivity contribution in [2.45, 2.75) is 17.9 Å². The van der Waals surface area contributed by atoms with Crippen LogP contribution < -0.4 is 10.0 Å². The lowest BCUT2D eigenvalue weighted by atomic mass is 10.1. The first kappa shape index (κ1) is 19.6. The quantitative estimate of drug-likeness (QED) is 0.656. The highest BCUT2D eigenvalue weighted by Crippen LogP contribution is 2.18. The summed E-state index contributed by atoms with van der Waals surface area (Å²) < 4.78 is 40.2. The molecule has 3 aromatic carbocycles. The maximum absolute atomic E-state index is 12.9. The Labute approximate surface area is 163 Å². The molecule has 3 rings (SSSR count). The Morgan fingerprint density at radius 3 is 2.11 bits per heavy atom. The van der Waals surface area contributed by atoms with Crippen LogP contribution in [0.15, 0.2) is 83.8 Å². The monoisotopic (exact) mass is 398 g/mol. The molecule has 1 amide bonds. The Balaban J connectivity index is 1.70. The molecule has 0 saturated heterocycles. The topological polar surface area (TPSA) is 75.3 Å². The molecule has 7 heteroatoms. The number of rotatable bonds is 6. The van der Waals surface area contributed by atoms with Crippen LogP contribution in [0.5, 0.6) is 0 Å². The Morgan fingerprint density at radius 2 is 1.50 bits per heavy atom. The highest BCUT2D eigenvalue weighted by Gasteiger charge is 2.16. The maximum Gasteiger partial charge on any atom is 0.261 e. The minimum Gasteiger partial charge on any atom is -0.346 e. The van der Waals surface area contributed by atoms with Crippen LogP contribution in [0.3, 0.4) is 0 Å². The van der Waals surface area contributed by atoms with Gasteiger partial charge in [-0.25, -0.2) is 12.8 Å². The van der Waals surface area contributed by atoms with Crippen molar-refractivity contribution in [1.82, 2.24) is 5.32 Å². The van der Waals surface area contributed by atoms with Crippen molar-refractivity contribution in [2.75, 3.05) is 4.72 Å². The fraction of sp³-hybridized carbons (Fsp3) is 0.0952. The van der Waals surface area contributed by atoms with Crippen LogP contribution in [-0.4, -0.2) is 14.3 Å². The summed E-state index contributed by atoms with van der Waals surface area (Å²) in [7, 11) is -3.84. The van der Waals surface area contributed by atoms with Gasteiger partial charge in [0.25, 0.3) is 15.9 Å². The Kier molecular flexibility index (Phi) is 5.75. The number of halogens is 1. The number of benzene rings is 3. The van der Waals surface area contributed by atoms with Gasteiger partial charge in [-0.3, -0.25) is 9.52 Å². The second-order valence-corrected chi connectivity index (χ2v) is 7.93. The summed E-state index contributed by atoms with van der Waals surface area (Å²) in [4.78, 5) is 12.4. The van der Waals surface area contributed by atoms with Gasteiger partial charge in [0.05, 0.1) is 10.9 Å². The van der Waals surface area contributed by atoms with Crippen molar-refractivity contribution in [2.24, 2.45) is 0 Å². The predicted octanol–water partition coefficient (Wildman–Crippen LogP) is 4.12. The molecule has 0 heterocycles. The SMILES string of the molecule is CC(NC(=O)c1ccc(S(=O)(=O)Nc2ccc(F)cc2)cc1)c1ccccc1. The van der Waals surface area contributed by atoms with E-state index in [-0.39, 0.29) is 22.5 Å². The number of hydrogen-bond donors (Lipinski definition) is 2. The molecule has 0 aliphatic rings. The normalized spacial score (nSPS) is 12.2. The van der Waals surface area contributed by atoms with Gasteiger partial charge in [0.1, 0.15) is 5.82 Å². The fourth-order valence-electron chi connectivity index (χ4n) is 2.62. The van der Waals surface area contributed by atoms with Gasteiger partial charge >= 0.3 is 0 Å². The van der Waals surface area contributed by atoms with Crippen molar-refractivity contribution in [3.63, 3.8) is 0 Å². The number of nitrogens with one attached hydrogen (secondary N) is 2. The number of sulfonamides is 1. The average molecular weight is 398 g/mol. The number of carbonyl (C=O) groups excluding carboxylic acids is 1. The lowest BCUT2D eigenvalue weighted by Crippen LogP contribution is -2.26. The van der Waals surface area contributed by atoms with Crippen molar-refractivity contribution >= 4 is 21.6 Å². The van der Waals surface area contributed by atoms with E-state index in [0.717, 1.165) is 5.56 Å². The predicted molar refractivity (Wildman–Crippen MR) is 106 cm³/mol. The van der Waals surface area contributed by atoms with Crippen LogP contribution in [0.25, 0.3) is 0 Å². The number of anilines is 1. The first-order valence-electron chi connectivity index (χ1n) is 8.59. The molecule has 0 fully saturated rings. The summed E-state index contributed by atoms with van der Waals surface area (Å²) in [6.45, 7) is 1.87. The number of carbonyl (C=O) groups is 1. The van der Waals surface area contributed by atoms with Crippen molar-refractivity contribution in [1.29, 1.82) is 0 Å².